The Bertz CT molecular complexity index is 427. The minimum atomic E-state index is -0.694. The Morgan fingerprint density at radius 2 is 2.00 bits per heavy atom. The van der Waals surface area contributed by atoms with Gasteiger partial charge in [-0.2, -0.15) is 0 Å². The second kappa shape index (κ2) is 5.22. The maximum atomic E-state index is 11.1. The first-order valence-electron chi connectivity index (χ1n) is 5.97. The lowest BCUT2D eigenvalue weighted by Crippen LogP contribution is -2.37. The zero-order valence-corrected chi connectivity index (χ0v) is 11.8. The van der Waals surface area contributed by atoms with Gasteiger partial charge < -0.3 is 10.4 Å². The first-order chi connectivity index (χ1) is 8.49. The molecule has 0 saturated heterocycles. The second-order valence-corrected chi connectivity index (χ2v) is 5.92. The molecule has 0 aliphatic heterocycles. The van der Waals surface area contributed by atoms with Crippen molar-refractivity contribution in [2.45, 2.75) is 38.6 Å². The van der Waals surface area contributed by atoms with Crippen molar-refractivity contribution in [3.63, 3.8) is 0 Å². The van der Waals surface area contributed by atoms with Gasteiger partial charge in [0, 0.05) is 18.4 Å². The predicted octanol–water partition coefficient (Wildman–Crippen LogP) is 2.68. The van der Waals surface area contributed by atoms with Crippen LogP contribution in [-0.2, 0) is 4.79 Å². The summed E-state index contributed by atoms with van der Waals surface area (Å²) in [6.45, 7) is 1.82. The number of halogens is 1. The molecule has 0 unspecified atom stereocenters. The summed E-state index contributed by atoms with van der Waals surface area (Å²) in [5.74, 6) is -0.0945. The number of carbonyl (C=O) groups is 1. The highest BCUT2D eigenvalue weighted by Crippen LogP contribution is 2.36. The number of nitrogens with zero attached hydrogens (tertiary/aromatic N) is 2. The van der Waals surface area contributed by atoms with Crippen molar-refractivity contribution < 1.29 is 9.90 Å². The van der Waals surface area contributed by atoms with Gasteiger partial charge in [0.25, 0.3) is 0 Å². The van der Waals surface area contributed by atoms with Gasteiger partial charge in [0.15, 0.2) is 0 Å². The molecule has 1 aromatic heterocycles. The van der Waals surface area contributed by atoms with Crippen LogP contribution in [0, 0.1) is 5.41 Å². The summed E-state index contributed by atoms with van der Waals surface area (Å²) in [6, 6.07) is 0.263. The van der Waals surface area contributed by atoms with E-state index in [1.54, 1.807) is 12.4 Å². The maximum Gasteiger partial charge on any atom is 0.309 e. The molecule has 0 radical (unpaired) electrons. The normalized spacial score (nSPS) is 27.8. The lowest BCUT2D eigenvalue weighted by atomic mass is 9.74. The van der Waals surface area contributed by atoms with E-state index in [2.05, 4.69) is 31.2 Å². The van der Waals surface area contributed by atoms with E-state index in [4.69, 9.17) is 5.11 Å². The summed E-state index contributed by atoms with van der Waals surface area (Å²) in [5.41, 5.74) is -0.571. The Kier molecular flexibility index (Phi) is 3.85. The number of hydrogen-bond acceptors (Lipinski definition) is 4. The fourth-order valence-electron chi connectivity index (χ4n) is 2.18. The quantitative estimate of drug-likeness (QED) is 0.897. The first kappa shape index (κ1) is 13.3. The topological polar surface area (TPSA) is 75.1 Å². The van der Waals surface area contributed by atoms with Crippen LogP contribution in [0.25, 0.3) is 0 Å². The van der Waals surface area contributed by atoms with Gasteiger partial charge in [-0.15, -0.1) is 0 Å². The SMILES string of the molecule is CC1(C(=O)O)CCC(Nc2ncc(Br)cn2)CC1. The smallest absolute Gasteiger partial charge is 0.309 e. The van der Waals surface area contributed by atoms with Gasteiger partial charge in [0.1, 0.15) is 0 Å². The average Bonchev–Trinajstić information content (AvgIpc) is 2.35. The van der Waals surface area contributed by atoms with Crippen molar-refractivity contribution in [3.05, 3.63) is 16.9 Å². The number of nitrogens with one attached hydrogen (secondary N) is 1. The van der Waals surface area contributed by atoms with E-state index in [1.807, 2.05) is 6.92 Å². The standard InChI is InChI=1S/C12H16BrN3O2/c1-12(10(17)18)4-2-9(3-5-12)16-11-14-6-8(13)7-15-11/h6-7,9H,2-5H2,1H3,(H,17,18)(H,14,15,16). The van der Waals surface area contributed by atoms with Crippen LogP contribution in [0.5, 0.6) is 0 Å². The molecule has 1 fully saturated rings. The zero-order valence-electron chi connectivity index (χ0n) is 10.2. The summed E-state index contributed by atoms with van der Waals surface area (Å²) in [7, 11) is 0. The monoisotopic (exact) mass is 313 g/mol. The molecule has 2 rings (SSSR count). The Morgan fingerprint density at radius 1 is 1.44 bits per heavy atom. The fraction of sp³-hybridized carbons (Fsp3) is 0.583. The summed E-state index contributed by atoms with van der Waals surface area (Å²) in [4.78, 5) is 19.4. The van der Waals surface area contributed by atoms with Crippen molar-refractivity contribution in [3.8, 4) is 0 Å². The third kappa shape index (κ3) is 2.98. The summed E-state index contributed by atoms with van der Waals surface area (Å²) < 4.78 is 0.843. The fourth-order valence-corrected chi connectivity index (χ4v) is 2.39. The molecule has 2 N–H and O–H groups in total. The Balaban J connectivity index is 1.91. The van der Waals surface area contributed by atoms with Gasteiger partial charge in [0.05, 0.1) is 9.89 Å². The second-order valence-electron chi connectivity index (χ2n) is 5.01. The number of carboxylic acid groups (broad SMARTS) is 1. The van der Waals surface area contributed by atoms with E-state index in [1.165, 1.54) is 0 Å². The van der Waals surface area contributed by atoms with Crippen molar-refractivity contribution in [2.75, 3.05) is 5.32 Å². The van der Waals surface area contributed by atoms with Gasteiger partial charge in [-0.3, -0.25) is 4.79 Å². The van der Waals surface area contributed by atoms with E-state index < -0.39 is 11.4 Å². The molecule has 1 aliphatic carbocycles. The van der Waals surface area contributed by atoms with Crippen LogP contribution in [-0.4, -0.2) is 27.1 Å². The Morgan fingerprint density at radius 3 is 2.50 bits per heavy atom. The van der Waals surface area contributed by atoms with Crippen molar-refractivity contribution in [1.82, 2.24) is 9.97 Å². The highest BCUT2D eigenvalue weighted by atomic mass is 79.9. The van der Waals surface area contributed by atoms with Crippen LogP contribution in [0.15, 0.2) is 16.9 Å². The highest BCUT2D eigenvalue weighted by Gasteiger charge is 2.37. The molecular formula is C12H16BrN3O2. The molecular weight excluding hydrogens is 298 g/mol. The van der Waals surface area contributed by atoms with E-state index in [0.717, 1.165) is 17.3 Å². The number of anilines is 1. The van der Waals surface area contributed by atoms with Gasteiger partial charge in [-0.1, -0.05) is 0 Å². The number of aromatic nitrogens is 2. The lowest BCUT2D eigenvalue weighted by molar-refractivity contribution is -0.149. The molecule has 1 heterocycles. The van der Waals surface area contributed by atoms with Crippen LogP contribution < -0.4 is 5.32 Å². The number of carboxylic acids is 1. The minimum Gasteiger partial charge on any atom is -0.481 e. The third-order valence-electron chi connectivity index (χ3n) is 3.56. The molecule has 1 saturated carbocycles. The van der Waals surface area contributed by atoms with Crippen molar-refractivity contribution in [1.29, 1.82) is 0 Å². The summed E-state index contributed by atoms with van der Waals surface area (Å²) in [6.07, 6.45) is 6.44. The molecule has 5 nitrogen and oxygen atoms in total. The highest BCUT2D eigenvalue weighted by molar-refractivity contribution is 9.10. The Labute approximate surface area is 114 Å². The van der Waals surface area contributed by atoms with Crippen molar-refractivity contribution in [2.24, 2.45) is 5.41 Å². The van der Waals surface area contributed by atoms with Crippen LogP contribution >= 0.6 is 15.9 Å². The molecule has 0 bridgehead atoms. The van der Waals surface area contributed by atoms with Gasteiger partial charge in [0.2, 0.25) is 5.95 Å². The first-order valence-corrected chi connectivity index (χ1v) is 6.76. The molecule has 98 valence electrons. The molecule has 18 heavy (non-hydrogen) atoms. The number of hydrogen-bond donors (Lipinski definition) is 2. The molecule has 6 heteroatoms. The molecule has 0 atom stereocenters. The Hall–Kier alpha value is -1.17. The number of rotatable bonds is 3. The van der Waals surface area contributed by atoms with E-state index in [-0.39, 0.29) is 6.04 Å². The maximum absolute atomic E-state index is 11.1. The van der Waals surface area contributed by atoms with Gasteiger partial charge in [-0.25, -0.2) is 9.97 Å². The molecule has 0 aromatic carbocycles. The summed E-state index contributed by atoms with van der Waals surface area (Å²) >= 11 is 3.28. The zero-order chi connectivity index (χ0) is 13.2. The molecule has 1 aliphatic rings. The van der Waals surface area contributed by atoms with E-state index in [0.29, 0.717) is 18.8 Å². The predicted molar refractivity (Wildman–Crippen MR) is 71.4 cm³/mol. The number of aliphatic carboxylic acids is 1. The third-order valence-corrected chi connectivity index (χ3v) is 3.97. The molecule has 1 aromatic rings. The van der Waals surface area contributed by atoms with Crippen LogP contribution in [0.2, 0.25) is 0 Å². The van der Waals surface area contributed by atoms with Gasteiger partial charge >= 0.3 is 5.97 Å². The van der Waals surface area contributed by atoms with E-state index >= 15 is 0 Å². The van der Waals surface area contributed by atoms with Gasteiger partial charge in [-0.05, 0) is 48.5 Å². The largest absolute Gasteiger partial charge is 0.481 e. The van der Waals surface area contributed by atoms with Crippen LogP contribution in [0.3, 0.4) is 0 Å². The van der Waals surface area contributed by atoms with Crippen LogP contribution in [0.1, 0.15) is 32.6 Å². The molecule has 0 amide bonds. The van der Waals surface area contributed by atoms with E-state index in [9.17, 15) is 4.79 Å². The lowest BCUT2D eigenvalue weighted by Gasteiger charge is -2.34. The minimum absolute atomic E-state index is 0.263. The van der Waals surface area contributed by atoms with Crippen LogP contribution in [0.4, 0.5) is 5.95 Å². The van der Waals surface area contributed by atoms with Crippen molar-refractivity contribution >= 4 is 27.8 Å². The summed E-state index contributed by atoms with van der Waals surface area (Å²) in [5, 5.41) is 12.4. The molecule has 0 spiro atoms. The average molecular weight is 314 g/mol.